The Morgan fingerprint density at radius 1 is 1.07 bits per heavy atom. The quantitative estimate of drug-likeness (QED) is 0.783. The van der Waals surface area contributed by atoms with Crippen LogP contribution in [0.2, 0.25) is 0 Å². The molecule has 0 bridgehead atoms. The molecule has 2 aromatic rings. The van der Waals surface area contributed by atoms with Crippen LogP contribution in [0, 0.1) is 13.8 Å². The summed E-state index contributed by atoms with van der Waals surface area (Å²) in [6, 6.07) is 9.72. The Morgan fingerprint density at radius 3 is 2.33 bits per heavy atom. The fourth-order valence-corrected chi connectivity index (χ4v) is 3.47. The van der Waals surface area contributed by atoms with E-state index < -0.39 is 10.0 Å². The van der Waals surface area contributed by atoms with Crippen LogP contribution in [0.25, 0.3) is 0 Å². The number of nitrogens with one attached hydrogen (secondary N) is 1. The highest BCUT2D eigenvalue weighted by Crippen LogP contribution is 2.29. The zero-order valence-corrected chi connectivity index (χ0v) is 16.9. The first kappa shape index (κ1) is 20.6. The monoisotopic (exact) mass is 392 g/mol. The summed E-state index contributed by atoms with van der Waals surface area (Å²) >= 11 is 0. The molecule has 0 radical (unpaired) electrons. The number of sulfonamides is 1. The molecule has 2 aromatic carbocycles. The van der Waals surface area contributed by atoms with Gasteiger partial charge in [0.15, 0.2) is 6.61 Å². The minimum Gasteiger partial charge on any atom is -0.495 e. The van der Waals surface area contributed by atoms with Gasteiger partial charge >= 0.3 is 0 Å². The van der Waals surface area contributed by atoms with Crippen LogP contribution in [0.4, 0.5) is 5.69 Å². The minimum absolute atomic E-state index is 0.0924. The lowest BCUT2D eigenvalue weighted by molar-refractivity contribution is -0.130. The fraction of sp³-hybridized carbons (Fsp3) is 0.316. The number of anilines is 1. The third kappa shape index (κ3) is 5.13. The van der Waals surface area contributed by atoms with E-state index in [-0.39, 0.29) is 17.4 Å². The first-order valence-electron chi connectivity index (χ1n) is 8.25. The van der Waals surface area contributed by atoms with Gasteiger partial charge in [-0.05, 0) is 55.3 Å². The van der Waals surface area contributed by atoms with Crippen molar-refractivity contribution in [1.82, 2.24) is 4.90 Å². The Kier molecular flexibility index (Phi) is 6.32. The first-order valence-corrected chi connectivity index (χ1v) is 9.73. The van der Waals surface area contributed by atoms with Gasteiger partial charge in [-0.25, -0.2) is 8.42 Å². The second-order valence-corrected chi connectivity index (χ2v) is 8.00. The topological polar surface area (TPSA) is 84.9 Å². The van der Waals surface area contributed by atoms with E-state index in [4.69, 9.17) is 9.47 Å². The average molecular weight is 392 g/mol. The number of amides is 1. The summed E-state index contributed by atoms with van der Waals surface area (Å²) in [5.41, 5.74) is 1.88. The average Bonchev–Trinajstić information content (AvgIpc) is 2.60. The molecule has 0 saturated heterocycles. The van der Waals surface area contributed by atoms with Gasteiger partial charge in [-0.15, -0.1) is 0 Å². The molecule has 0 aliphatic rings. The van der Waals surface area contributed by atoms with Gasteiger partial charge in [0.05, 0.1) is 17.7 Å². The van der Waals surface area contributed by atoms with Gasteiger partial charge in [-0.2, -0.15) is 0 Å². The summed E-state index contributed by atoms with van der Waals surface area (Å²) in [6.45, 7) is 3.48. The number of hydrogen-bond donors (Lipinski definition) is 1. The molecule has 0 unspecified atom stereocenters. The molecule has 0 aliphatic heterocycles. The maximum atomic E-state index is 12.7. The van der Waals surface area contributed by atoms with Gasteiger partial charge in [0.2, 0.25) is 0 Å². The summed E-state index contributed by atoms with van der Waals surface area (Å²) in [5, 5.41) is 0. The molecule has 27 heavy (non-hydrogen) atoms. The van der Waals surface area contributed by atoms with Crippen LogP contribution in [0.5, 0.6) is 11.5 Å². The summed E-state index contributed by atoms with van der Waals surface area (Å²) in [6.07, 6.45) is 0. The largest absolute Gasteiger partial charge is 0.495 e. The first-order chi connectivity index (χ1) is 12.6. The van der Waals surface area contributed by atoms with Crippen molar-refractivity contribution >= 4 is 21.6 Å². The van der Waals surface area contributed by atoms with Gasteiger partial charge in [-0.3, -0.25) is 9.52 Å². The van der Waals surface area contributed by atoms with Crippen molar-refractivity contribution in [2.24, 2.45) is 0 Å². The summed E-state index contributed by atoms with van der Waals surface area (Å²) in [4.78, 5) is 13.1. The maximum Gasteiger partial charge on any atom is 0.262 e. The molecule has 2 rings (SSSR count). The molecule has 0 atom stereocenters. The third-order valence-corrected chi connectivity index (χ3v) is 5.27. The van der Waals surface area contributed by atoms with E-state index in [1.165, 1.54) is 24.1 Å². The Morgan fingerprint density at radius 2 is 1.74 bits per heavy atom. The second-order valence-electron chi connectivity index (χ2n) is 6.31. The molecule has 0 aromatic heterocycles. The number of likely N-dealkylation sites (N-methyl/N-ethyl adjacent to an activating group) is 1. The molecule has 0 fully saturated rings. The van der Waals surface area contributed by atoms with Crippen LogP contribution < -0.4 is 14.2 Å². The number of methoxy groups -OCH3 is 1. The molecule has 0 aliphatic carbocycles. The molecular formula is C19H24N2O5S. The van der Waals surface area contributed by atoms with Crippen LogP contribution in [0.1, 0.15) is 11.1 Å². The third-order valence-electron chi connectivity index (χ3n) is 3.91. The second kappa shape index (κ2) is 8.30. The van der Waals surface area contributed by atoms with E-state index in [1.807, 2.05) is 13.0 Å². The lowest BCUT2D eigenvalue weighted by atomic mass is 10.2. The number of carbonyl (C=O) groups is 1. The van der Waals surface area contributed by atoms with Crippen LogP contribution >= 0.6 is 0 Å². The van der Waals surface area contributed by atoms with E-state index in [1.54, 1.807) is 39.2 Å². The molecular weight excluding hydrogens is 368 g/mol. The van der Waals surface area contributed by atoms with Crippen molar-refractivity contribution in [2.75, 3.05) is 32.5 Å². The van der Waals surface area contributed by atoms with Crippen molar-refractivity contribution in [2.45, 2.75) is 18.7 Å². The molecule has 0 spiro atoms. The van der Waals surface area contributed by atoms with Gasteiger partial charge < -0.3 is 14.4 Å². The Bertz CT molecular complexity index is 939. The fourth-order valence-electron chi connectivity index (χ4n) is 2.32. The number of nitrogens with zero attached hydrogens (tertiary/aromatic N) is 1. The van der Waals surface area contributed by atoms with Gasteiger partial charge in [0.1, 0.15) is 11.5 Å². The van der Waals surface area contributed by atoms with Crippen LogP contribution in [-0.4, -0.2) is 47.0 Å². The Hall–Kier alpha value is -2.74. The van der Waals surface area contributed by atoms with Gasteiger partial charge in [0.25, 0.3) is 15.9 Å². The summed E-state index contributed by atoms with van der Waals surface area (Å²) in [5.74, 6) is 0.708. The Labute approximate surface area is 160 Å². The summed E-state index contributed by atoms with van der Waals surface area (Å²) in [7, 11) is 0.949. The molecule has 1 amide bonds. The standard InChI is InChI=1S/C19H24N2O5S/c1-13-6-8-18(25-5)16(10-13)20-27(23,24)15-7-9-17(14(2)11-15)26-12-19(22)21(3)4/h6-11,20H,12H2,1-5H3. The number of ether oxygens (including phenoxy) is 2. The maximum absolute atomic E-state index is 12.7. The number of carbonyl (C=O) groups excluding carboxylic acids is 1. The summed E-state index contributed by atoms with van der Waals surface area (Å²) < 4.78 is 38.7. The normalized spacial score (nSPS) is 11.0. The number of hydrogen-bond acceptors (Lipinski definition) is 5. The molecule has 8 heteroatoms. The zero-order valence-electron chi connectivity index (χ0n) is 16.1. The molecule has 0 saturated carbocycles. The van der Waals surface area contributed by atoms with Crippen molar-refractivity contribution in [3.05, 3.63) is 47.5 Å². The van der Waals surface area contributed by atoms with Crippen LogP contribution in [0.15, 0.2) is 41.3 Å². The van der Waals surface area contributed by atoms with E-state index in [9.17, 15) is 13.2 Å². The molecule has 7 nitrogen and oxygen atoms in total. The van der Waals surface area contributed by atoms with Crippen LogP contribution in [-0.2, 0) is 14.8 Å². The predicted molar refractivity (Wildman–Crippen MR) is 104 cm³/mol. The highest BCUT2D eigenvalue weighted by Gasteiger charge is 2.18. The minimum atomic E-state index is -3.81. The van der Waals surface area contributed by atoms with Crippen molar-refractivity contribution < 1.29 is 22.7 Å². The van der Waals surface area contributed by atoms with E-state index in [2.05, 4.69) is 4.72 Å². The lowest BCUT2D eigenvalue weighted by Crippen LogP contribution is -2.27. The highest BCUT2D eigenvalue weighted by atomic mass is 32.2. The molecule has 146 valence electrons. The van der Waals surface area contributed by atoms with Gasteiger partial charge in [-0.1, -0.05) is 6.07 Å². The SMILES string of the molecule is COc1ccc(C)cc1NS(=O)(=O)c1ccc(OCC(=O)N(C)C)c(C)c1. The van der Waals surface area contributed by atoms with Crippen molar-refractivity contribution in [1.29, 1.82) is 0 Å². The lowest BCUT2D eigenvalue weighted by Gasteiger charge is -2.15. The molecule has 1 N–H and O–H groups in total. The Balaban J connectivity index is 2.23. The molecule has 0 heterocycles. The number of aryl methyl sites for hydroxylation is 2. The zero-order chi connectivity index (χ0) is 20.2. The predicted octanol–water partition coefficient (Wildman–Crippen LogP) is 2.58. The number of benzene rings is 2. The van der Waals surface area contributed by atoms with E-state index >= 15 is 0 Å². The van der Waals surface area contributed by atoms with Crippen LogP contribution in [0.3, 0.4) is 0 Å². The van der Waals surface area contributed by atoms with Gasteiger partial charge in [0, 0.05) is 14.1 Å². The van der Waals surface area contributed by atoms with E-state index in [0.717, 1.165) is 5.56 Å². The smallest absolute Gasteiger partial charge is 0.262 e. The van der Waals surface area contributed by atoms with E-state index in [0.29, 0.717) is 22.7 Å². The highest BCUT2D eigenvalue weighted by molar-refractivity contribution is 7.92. The van der Waals surface area contributed by atoms with Crippen molar-refractivity contribution in [3.8, 4) is 11.5 Å². The van der Waals surface area contributed by atoms with Crippen molar-refractivity contribution in [3.63, 3.8) is 0 Å². The number of rotatable bonds is 7.